The summed E-state index contributed by atoms with van der Waals surface area (Å²) in [6.07, 6.45) is 3.83. The van der Waals surface area contributed by atoms with Crippen molar-refractivity contribution in [1.82, 2.24) is 5.32 Å². The van der Waals surface area contributed by atoms with Gasteiger partial charge in [0.05, 0.1) is 18.8 Å². The molecule has 0 aromatic heterocycles. The summed E-state index contributed by atoms with van der Waals surface area (Å²) in [6.45, 7) is 2.11. The fourth-order valence-corrected chi connectivity index (χ4v) is 3.08. The smallest absolute Gasteiger partial charge is 0.149 e. The average molecular weight is 290 g/mol. The summed E-state index contributed by atoms with van der Waals surface area (Å²) < 4.78 is 5.47. The van der Waals surface area contributed by atoms with Crippen LogP contribution in [-0.4, -0.2) is 33.0 Å². The van der Waals surface area contributed by atoms with Gasteiger partial charge >= 0.3 is 0 Å². The van der Waals surface area contributed by atoms with E-state index in [9.17, 15) is 4.79 Å². The Morgan fingerprint density at radius 3 is 2.71 bits per heavy atom. The number of hydrogen-bond donors (Lipinski definition) is 1. The summed E-state index contributed by atoms with van der Waals surface area (Å²) in [6, 6.07) is 6.18. The minimum Gasteiger partial charge on any atom is -0.495 e. The molecule has 0 saturated heterocycles. The number of carbonyl (C=O) groups excluding carboxylic acids is 1. The van der Waals surface area contributed by atoms with Crippen LogP contribution < -0.4 is 15.0 Å². The monoisotopic (exact) mass is 290 g/mol. The molecule has 21 heavy (non-hydrogen) atoms. The Morgan fingerprint density at radius 2 is 2.10 bits per heavy atom. The summed E-state index contributed by atoms with van der Waals surface area (Å²) >= 11 is 0. The van der Waals surface area contributed by atoms with Crippen LogP contribution >= 0.6 is 0 Å². The number of ketones is 1. The van der Waals surface area contributed by atoms with Gasteiger partial charge in [-0.1, -0.05) is 18.6 Å². The van der Waals surface area contributed by atoms with Crippen LogP contribution in [0.15, 0.2) is 18.2 Å². The number of Topliss-reactive ketones (excluding diaryl/α,β-unsaturated/α-hetero) is 1. The van der Waals surface area contributed by atoms with Gasteiger partial charge < -0.3 is 15.0 Å². The molecule has 116 valence electrons. The van der Waals surface area contributed by atoms with Gasteiger partial charge in [-0.2, -0.15) is 0 Å². The van der Waals surface area contributed by atoms with Crippen LogP contribution in [0, 0.1) is 0 Å². The highest BCUT2D eigenvalue weighted by molar-refractivity contribution is 5.84. The summed E-state index contributed by atoms with van der Waals surface area (Å²) in [4.78, 5) is 14.1. The largest absolute Gasteiger partial charge is 0.495 e. The third-order valence-corrected chi connectivity index (χ3v) is 4.17. The zero-order chi connectivity index (χ0) is 15.4. The van der Waals surface area contributed by atoms with E-state index >= 15 is 0 Å². The Hall–Kier alpha value is -1.55. The maximum Gasteiger partial charge on any atom is 0.149 e. The fraction of sp³-hybridized carbons (Fsp3) is 0.588. The standard InChI is InChI=1S/C17H26N2O2/c1-12(18-14-9-5-6-10-15(14)20)13-8-7-11-16(21-4)17(13)19(2)3/h7-8,11-12,14,18H,5-6,9-10H2,1-4H3. The Labute approximate surface area is 127 Å². The van der Waals surface area contributed by atoms with Gasteiger partial charge in [0.1, 0.15) is 11.5 Å². The number of nitrogens with one attached hydrogen (secondary N) is 1. The van der Waals surface area contributed by atoms with E-state index in [2.05, 4.69) is 23.2 Å². The van der Waals surface area contributed by atoms with Gasteiger partial charge in [-0.3, -0.25) is 4.79 Å². The second-order valence-corrected chi connectivity index (χ2v) is 5.95. The molecule has 1 aliphatic rings. The van der Waals surface area contributed by atoms with Crippen molar-refractivity contribution < 1.29 is 9.53 Å². The third kappa shape index (κ3) is 3.56. The first-order chi connectivity index (χ1) is 10.0. The lowest BCUT2D eigenvalue weighted by Crippen LogP contribution is -2.40. The number of hydrogen-bond acceptors (Lipinski definition) is 4. The molecule has 0 heterocycles. The zero-order valence-corrected chi connectivity index (χ0v) is 13.5. The van der Waals surface area contributed by atoms with Crippen molar-refractivity contribution in [2.45, 2.75) is 44.7 Å². The predicted octanol–water partition coefficient (Wildman–Crippen LogP) is 2.92. The van der Waals surface area contributed by atoms with Crippen molar-refractivity contribution in [3.8, 4) is 5.75 Å². The molecule has 0 bridgehead atoms. The van der Waals surface area contributed by atoms with E-state index in [0.717, 1.165) is 36.3 Å². The summed E-state index contributed by atoms with van der Waals surface area (Å²) in [5.41, 5.74) is 2.24. The topological polar surface area (TPSA) is 41.6 Å². The van der Waals surface area contributed by atoms with Gasteiger partial charge in [0.15, 0.2) is 0 Å². The number of anilines is 1. The Balaban J connectivity index is 2.22. The van der Waals surface area contributed by atoms with E-state index in [1.165, 1.54) is 0 Å². The maximum absolute atomic E-state index is 12.0. The SMILES string of the molecule is COc1cccc(C(C)NC2CCCCC2=O)c1N(C)C. The van der Waals surface area contributed by atoms with Gasteiger partial charge in [0, 0.05) is 26.6 Å². The number of para-hydroxylation sites is 1. The predicted molar refractivity (Wildman–Crippen MR) is 86.1 cm³/mol. The molecular weight excluding hydrogens is 264 g/mol. The Kier molecular flexibility index (Phi) is 5.23. The number of rotatable bonds is 5. The normalized spacial score (nSPS) is 20.2. The molecule has 0 amide bonds. The Morgan fingerprint density at radius 1 is 1.33 bits per heavy atom. The average Bonchev–Trinajstić information content (AvgIpc) is 2.48. The van der Waals surface area contributed by atoms with Crippen molar-refractivity contribution >= 4 is 11.5 Å². The molecule has 1 saturated carbocycles. The first-order valence-electron chi connectivity index (χ1n) is 7.67. The number of benzene rings is 1. The van der Waals surface area contributed by atoms with Crippen molar-refractivity contribution in [3.05, 3.63) is 23.8 Å². The van der Waals surface area contributed by atoms with Crippen molar-refractivity contribution in [2.24, 2.45) is 0 Å². The molecule has 1 aliphatic carbocycles. The van der Waals surface area contributed by atoms with E-state index in [4.69, 9.17) is 4.74 Å². The molecule has 2 rings (SSSR count). The van der Waals surface area contributed by atoms with Crippen molar-refractivity contribution in [1.29, 1.82) is 0 Å². The second kappa shape index (κ2) is 6.94. The Bertz CT molecular complexity index is 500. The molecule has 0 radical (unpaired) electrons. The molecule has 4 nitrogen and oxygen atoms in total. The second-order valence-electron chi connectivity index (χ2n) is 5.95. The summed E-state index contributed by atoms with van der Waals surface area (Å²) in [7, 11) is 5.72. The summed E-state index contributed by atoms with van der Waals surface area (Å²) in [5, 5.41) is 3.50. The molecule has 0 spiro atoms. The molecular formula is C17H26N2O2. The summed E-state index contributed by atoms with van der Waals surface area (Å²) in [5.74, 6) is 1.21. The molecule has 0 aliphatic heterocycles. The van der Waals surface area contributed by atoms with E-state index in [1.807, 2.05) is 26.2 Å². The van der Waals surface area contributed by atoms with Crippen LogP contribution in [0.2, 0.25) is 0 Å². The van der Waals surface area contributed by atoms with E-state index in [1.54, 1.807) is 7.11 Å². The molecule has 2 unspecified atom stereocenters. The van der Waals surface area contributed by atoms with E-state index in [0.29, 0.717) is 12.2 Å². The van der Waals surface area contributed by atoms with Gasteiger partial charge in [-0.15, -0.1) is 0 Å². The fourth-order valence-electron chi connectivity index (χ4n) is 3.08. The highest BCUT2D eigenvalue weighted by Crippen LogP contribution is 2.34. The maximum atomic E-state index is 12.0. The van der Waals surface area contributed by atoms with E-state index < -0.39 is 0 Å². The van der Waals surface area contributed by atoms with Crippen LogP contribution in [0.25, 0.3) is 0 Å². The molecule has 1 fully saturated rings. The van der Waals surface area contributed by atoms with Gasteiger partial charge in [-0.05, 0) is 31.4 Å². The highest BCUT2D eigenvalue weighted by Gasteiger charge is 2.25. The van der Waals surface area contributed by atoms with Crippen LogP contribution in [0.1, 0.15) is 44.2 Å². The molecule has 1 aromatic carbocycles. The first-order valence-corrected chi connectivity index (χ1v) is 7.67. The molecule has 1 N–H and O–H groups in total. The lowest BCUT2D eigenvalue weighted by molar-refractivity contribution is -0.122. The molecule has 4 heteroatoms. The van der Waals surface area contributed by atoms with Gasteiger partial charge in [0.2, 0.25) is 0 Å². The minimum atomic E-state index is -0.00466. The number of ether oxygens (including phenoxy) is 1. The van der Waals surface area contributed by atoms with Crippen LogP contribution in [-0.2, 0) is 4.79 Å². The lowest BCUT2D eigenvalue weighted by atomic mass is 9.92. The molecule has 2 atom stereocenters. The van der Waals surface area contributed by atoms with E-state index in [-0.39, 0.29) is 12.1 Å². The zero-order valence-electron chi connectivity index (χ0n) is 13.5. The highest BCUT2D eigenvalue weighted by atomic mass is 16.5. The van der Waals surface area contributed by atoms with Crippen LogP contribution in [0.4, 0.5) is 5.69 Å². The quantitative estimate of drug-likeness (QED) is 0.905. The van der Waals surface area contributed by atoms with Crippen molar-refractivity contribution in [3.63, 3.8) is 0 Å². The lowest BCUT2D eigenvalue weighted by Gasteiger charge is -2.29. The number of carbonyl (C=O) groups is 1. The van der Waals surface area contributed by atoms with Gasteiger partial charge in [0.25, 0.3) is 0 Å². The number of nitrogens with zero attached hydrogens (tertiary/aromatic N) is 1. The molecule has 1 aromatic rings. The first kappa shape index (κ1) is 15.8. The number of methoxy groups -OCH3 is 1. The van der Waals surface area contributed by atoms with Crippen LogP contribution in [0.5, 0.6) is 5.75 Å². The van der Waals surface area contributed by atoms with Crippen molar-refractivity contribution in [2.75, 3.05) is 26.1 Å². The third-order valence-electron chi connectivity index (χ3n) is 4.17. The van der Waals surface area contributed by atoms with Gasteiger partial charge in [-0.25, -0.2) is 0 Å². The van der Waals surface area contributed by atoms with Crippen LogP contribution in [0.3, 0.4) is 0 Å². The minimum absolute atomic E-state index is 0.00466.